The van der Waals surface area contributed by atoms with Crippen molar-refractivity contribution in [2.45, 2.75) is 236 Å². The summed E-state index contributed by atoms with van der Waals surface area (Å²) in [5.41, 5.74) is -12.0. The van der Waals surface area contributed by atoms with Gasteiger partial charge in [0.05, 0.1) is 44.6 Å². The number of aromatic nitrogens is 2. The number of ether oxygens (including phenoxy) is 6. The average molecular weight is 1570 g/mol. The number of carbonyl (C=O) groups excluding carboxylic acids is 8. The highest BCUT2D eigenvalue weighted by Crippen LogP contribution is 2.53. The fourth-order valence-electron chi connectivity index (χ4n) is 14.0. The Hall–Kier alpha value is -9.08. The number of fused-ring (bicyclic) bond motifs is 2. The lowest BCUT2D eigenvalue weighted by molar-refractivity contribution is -0.244. The summed E-state index contributed by atoms with van der Waals surface area (Å²) in [6, 6.07) is 9.90. The number of alkyl carbamates (subject to hydrolysis) is 2. The van der Waals surface area contributed by atoms with Gasteiger partial charge in [0.1, 0.15) is 64.6 Å². The molecule has 0 spiro atoms. The van der Waals surface area contributed by atoms with Gasteiger partial charge in [-0.25, -0.2) is 37.4 Å². The molecule has 10 rings (SSSR count). The van der Waals surface area contributed by atoms with Crippen molar-refractivity contribution in [3.63, 3.8) is 0 Å². The standard InChI is InChI=1S/C73H96F3N11O20S2/c1-15-40(2)71(12,82-56(88)52-33-48(102-58-50-22-20-46(100-13)31-42(50)24-29-78-58)38-86(52)60(90)54(41-18-19-41)80-64(94)105-68(8,9)73(74,75)76)62(92)84-109(98,99)107-70(11)36-45(70)35-67(6,7)104-65(95)81-55(66(3,4)5)61(91)87-39-49(103-59-51-23-21-47(101-14)32-43(51)25-30-79-59)34-53(87)57(89)83-72(37-44(72)17-16-28-77)63(93)85-108(96,97)106-69(10)26-27-69/h20-25,29-32,40-41,44-45,48-49,52-55H,15-19,26-27,33-39H2,1-14H3,(H,80,94)(H,81,95)(H,82,88)(H,83,89)(H,84,92)(H,85,93)/t40-,44+,45?,48+,49+,52-,53-,54-,55+,70?,71+,72+/m0/s1. The summed E-state index contributed by atoms with van der Waals surface area (Å²) in [4.78, 5) is 127. The van der Waals surface area contributed by atoms with Gasteiger partial charge in [-0.15, -0.1) is 0 Å². The molecule has 36 heteroatoms. The number of amides is 8. The second-order valence-corrected chi connectivity index (χ2v) is 34.7. The number of likely N-dealkylation sites (tertiary alicyclic amines) is 2. The van der Waals surface area contributed by atoms with Crippen LogP contribution in [0.1, 0.15) is 160 Å². The Bertz CT molecular complexity index is 4490. The van der Waals surface area contributed by atoms with Gasteiger partial charge in [-0.1, -0.05) is 41.0 Å². The largest absolute Gasteiger partial charge is 0.497 e. The van der Waals surface area contributed by atoms with Crippen LogP contribution in [-0.2, 0) is 67.2 Å². The second-order valence-electron chi connectivity index (χ2n) is 32.2. The van der Waals surface area contributed by atoms with Gasteiger partial charge in [0.2, 0.25) is 41.0 Å². The quantitative estimate of drug-likeness (QED) is 0.0283. The molecular formula is C73H96F3N11O20S2. The molecule has 0 radical (unpaired) electrons. The molecule has 2 aromatic carbocycles. The van der Waals surface area contributed by atoms with Gasteiger partial charge in [0, 0.05) is 42.4 Å². The number of hydrogen-bond acceptors (Lipinski definition) is 23. The topological polar surface area (TPSA) is 407 Å². The Morgan fingerprint density at radius 1 is 0.697 bits per heavy atom. The molecule has 4 aliphatic carbocycles. The number of nitriles is 1. The number of benzene rings is 2. The zero-order chi connectivity index (χ0) is 80.2. The molecule has 6 fully saturated rings. The fraction of sp³-hybridized carbons (Fsp3) is 0.630. The minimum atomic E-state index is -5.07. The van der Waals surface area contributed by atoms with E-state index >= 15 is 4.79 Å². The van der Waals surface area contributed by atoms with Gasteiger partial charge in [-0.3, -0.25) is 28.8 Å². The summed E-state index contributed by atoms with van der Waals surface area (Å²) < 4.78 is 146. The maximum atomic E-state index is 15.3. The highest BCUT2D eigenvalue weighted by atomic mass is 32.2. The van der Waals surface area contributed by atoms with Crippen LogP contribution < -0.4 is 49.7 Å². The van der Waals surface area contributed by atoms with Gasteiger partial charge >= 0.3 is 39.0 Å². The number of rotatable bonds is 31. The van der Waals surface area contributed by atoms with Crippen LogP contribution in [0.25, 0.3) is 21.5 Å². The van der Waals surface area contributed by atoms with Crippen LogP contribution in [0.5, 0.6) is 23.3 Å². The maximum Gasteiger partial charge on any atom is 0.427 e. The smallest absolute Gasteiger partial charge is 0.427 e. The lowest BCUT2D eigenvalue weighted by atomic mass is 9.84. The van der Waals surface area contributed by atoms with E-state index in [0.717, 1.165) is 4.90 Å². The Morgan fingerprint density at radius 3 is 1.73 bits per heavy atom. The van der Waals surface area contributed by atoms with Crippen molar-refractivity contribution in [1.82, 2.24) is 50.5 Å². The predicted molar refractivity (Wildman–Crippen MR) is 384 cm³/mol. The number of carbonyl (C=O) groups is 8. The lowest BCUT2D eigenvalue weighted by Crippen LogP contribution is -2.64. The Balaban J connectivity index is 0.815. The van der Waals surface area contributed by atoms with Crippen molar-refractivity contribution in [2.24, 2.45) is 29.1 Å². The molecule has 6 N–H and O–H groups in total. The van der Waals surface area contributed by atoms with E-state index in [4.69, 9.17) is 36.8 Å². The van der Waals surface area contributed by atoms with Crippen LogP contribution in [0.3, 0.4) is 0 Å². The van der Waals surface area contributed by atoms with Crippen LogP contribution in [-0.4, -0.2) is 188 Å². The number of alkyl halides is 3. The summed E-state index contributed by atoms with van der Waals surface area (Å²) in [6.07, 6.45) is -5.22. The Morgan fingerprint density at radius 2 is 1.23 bits per heavy atom. The first kappa shape index (κ1) is 82.4. The minimum absolute atomic E-state index is 0.0362. The number of methoxy groups -OCH3 is 2. The average Bonchev–Trinajstić information content (AvgIpc) is 1.58. The SMILES string of the molecule is CC[C@H](C)[C@@](C)(NC(=O)[C@@H]1C[C@@H](Oc2nccc3cc(OC)ccc23)CN1C(=O)[C@@H](NC(=O)OC(C)(C)C(F)(F)F)C1CC1)C(=O)NS(=O)(=O)OC1(C)CC1CC(C)(C)OC(=O)N[C@H](C(=O)N1C[C@H](Oc2nccc3cc(OC)ccc23)C[C@H]1C(=O)N[C@]1(C(=O)NS(=O)(=O)OC2(C)CC2)C[C@H]1CCC#N)C(C)(C)C. The van der Waals surface area contributed by atoms with E-state index in [1.165, 1.54) is 59.2 Å². The molecular weight excluding hydrogens is 1470 g/mol. The first-order valence-corrected chi connectivity index (χ1v) is 38.9. The van der Waals surface area contributed by atoms with E-state index in [1.54, 1.807) is 90.1 Å². The number of hydrogen-bond donors (Lipinski definition) is 6. The minimum Gasteiger partial charge on any atom is -0.497 e. The van der Waals surface area contributed by atoms with Crippen molar-refractivity contribution < 1.29 is 105 Å². The molecule has 31 nitrogen and oxygen atoms in total. The van der Waals surface area contributed by atoms with E-state index in [0.29, 0.717) is 72.6 Å². The zero-order valence-corrected chi connectivity index (χ0v) is 64.9. The molecule has 6 aliphatic rings. The molecule has 2 aliphatic heterocycles. The van der Waals surface area contributed by atoms with E-state index in [2.05, 4.69) is 31.2 Å². The number of nitrogens with zero attached hydrogens (tertiary/aromatic N) is 5. The first-order valence-electron chi connectivity index (χ1n) is 36.1. The van der Waals surface area contributed by atoms with Gasteiger partial charge in [0.25, 0.3) is 11.8 Å². The van der Waals surface area contributed by atoms with Crippen molar-refractivity contribution >= 4 is 89.8 Å². The Kier molecular flexibility index (Phi) is 23.2. The second kappa shape index (κ2) is 30.6. The summed E-state index contributed by atoms with van der Waals surface area (Å²) in [6.45, 7) is 16.3. The number of nitrogens with one attached hydrogen (secondary N) is 6. The van der Waals surface area contributed by atoms with Crippen molar-refractivity contribution in [3.05, 3.63) is 60.9 Å². The molecule has 4 heterocycles. The molecule has 0 bridgehead atoms. The summed E-state index contributed by atoms with van der Waals surface area (Å²) in [7, 11) is -6.75. The number of halogens is 3. The van der Waals surface area contributed by atoms with E-state index in [-0.39, 0.29) is 76.2 Å². The fourth-order valence-corrected chi connectivity index (χ4v) is 16.3. The van der Waals surface area contributed by atoms with Crippen LogP contribution in [0.4, 0.5) is 22.8 Å². The van der Waals surface area contributed by atoms with Crippen LogP contribution in [0.2, 0.25) is 0 Å². The van der Waals surface area contributed by atoms with Crippen LogP contribution in [0, 0.1) is 40.4 Å². The maximum absolute atomic E-state index is 15.3. The highest BCUT2D eigenvalue weighted by molar-refractivity contribution is 7.85. The molecule has 8 amide bonds. The molecule has 109 heavy (non-hydrogen) atoms. The highest BCUT2D eigenvalue weighted by Gasteiger charge is 2.64. The Labute approximate surface area is 630 Å². The van der Waals surface area contributed by atoms with Crippen molar-refractivity contribution in [2.75, 3.05) is 27.3 Å². The third kappa shape index (κ3) is 19.0. The predicted octanol–water partition coefficient (Wildman–Crippen LogP) is 7.54. The van der Waals surface area contributed by atoms with E-state index < -0.39 is 173 Å². The zero-order valence-electron chi connectivity index (χ0n) is 63.3. The number of pyridine rings is 2. The monoisotopic (exact) mass is 1570 g/mol. The molecule has 2 unspecified atom stereocenters. The first-order chi connectivity index (χ1) is 50.7. The van der Waals surface area contributed by atoms with Gasteiger partial charge < -0.3 is 59.5 Å². The lowest BCUT2D eigenvalue weighted by Gasteiger charge is -2.37. The van der Waals surface area contributed by atoms with Crippen molar-refractivity contribution in [3.8, 4) is 29.3 Å². The van der Waals surface area contributed by atoms with E-state index in [1.807, 2.05) is 15.5 Å². The van der Waals surface area contributed by atoms with Crippen LogP contribution >= 0.6 is 0 Å². The molecule has 4 aromatic rings. The normalized spacial score (nSPS) is 24.5. The third-order valence-electron chi connectivity index (χ3n) is 21.5. The van der Waals surface area contributed by atoms with E-state index in [9.17, 15) is 68.8 Å². The van der Waals surface area contributed by atoms with Crippen molar-refractivity contribution in [1.29, 1.82) is 5.26 Å². The van der Waals surface area contributed by atoms with Crippen LogP contribution in [0.15, 0.2) is 60.9 Å². The van der Waals surface area contributed by atoms with Gasteiger partial charge in [-0.05, 0) is 188 Å². The summed E-state index contributed by atoms with van der Waals surface area (Å²) >= 11 is 0. The summed E-state index contributed by atoms with van der Waals surface area (Å²) in [5, 5.41) is 22.4. The molecule has 596 valence electrons. The third-order valence-corrected chi connectivity index (χ3v) is 23.6. The molecule has 2 saturated heterocycles. The summed E-state index contributed by atoms with van der Waals surface area (Å²) in [5.74, 6) is -7.23. The molecule has 4 saturated carbocycles. The molecule has 12 atom stereocenters. The molecule has 2 aromatic heterocycles. The van der Waals surface area contributed by atoms with Gasteiger partial charge in [0.15, 0.2) is 0 Å². The van der Waals surface area contributed by atoms with Gasteiger partial charge in [-0.2, -0.15) is 35.3 Å².